The number of aromatic nitrogens is 3. The van der Waals surface area contributed by atoms with Gasteiger partial charge < -0.3 is 100 Å². The summed E-state index contributed by atoms with van der Waals surface area (Å²) in [6, 6.07) is 0.248. The maximum Gasteiger partial charge on any atom is 0.354 e. The molecule has 0 saturated heterocycles. The Morgan fingerprint density at radius 3 is 0.812 bits per heavy atom. The van der Waals surface area contributed by atoms with Crippen LogP contribution in [0.25, 0.3) is 0 Å². The summed E-state index contributed by atoms with van der Waals surface area (Å²) in [6.45, 7) is -2.30. The zero-order chi connectivity index (χ0) is 75.0. The lowest BCUT2D eigenvalue weighted by molar-refractivity contribution is -0.139. The molecule has 40 nitrogen and oxygen atoms in total. The highest BCUT2D eigenvalue weighted by molar-refractivity contribution is 5.94. The molecule has 5 atom stereocenters. The predicted octanol–water partition coefficient (Wildman–Crippen LogP) is -5.87. The van der Waals surface area contributed by atoms with Gasteiger partial charge in [0.05, 0.1) is 6.42 Å². The summed E-state index contributed by atoms with van der Waals surface area (Å²) in [4.78, 5) is 237. The van der Waals surface area contributed by atoms with Crippen LogP contribution < -0.4 is 69.5 Å². The van der Waals surface area contributed by atoms with Gasteiger partial charge in [-0.05, 0) is 65.9 Å². The van der Waals surface area contributed by atoms with Crippen molar-refractivity contribution in [3.05, 3.63) is 88.8 Å². The highest BCUT2D eigenvalue weighted by atomic mass is 16.4. The molecule has 0 radical (unpaired) electrons. The minimum atomic E-state index is -1.54. The Kier molecular flexibility index (Phi) is 36.7. The maximum absolute atomic E-state index is 13.7. The Bertz CT molecular complexity index is 3500. The number of carbonyl (C=O) groups is 18. The van der Waals surface area contributed by atoms with E-state index in [9.17, 15) is 112 Å². The summed E-state index contributed by atoms with van der Waals surface area (Å²) in [5, 5.41) is 85.0. The molecule has 20 N–H and O–H groups in total. The van der Waals surface area contributed by atoms with E-state index in [-0.39, 0.29) is 99.2 Å². The molecule has 3 aromatic rings. The van der Waals surface area contributed by atoms with E-state index in [0.717, 1.165) is 24.5 Å². The van der Waals surface area contributed by atoms with Gasteiger partial charge in [-0.3, -0.25) is 71.9 Å². The molecular formula is C61H80N16O24. The molecule has 0 aromatic carbocycles. The number of amides is 12. The van der Waals surface area contributed by atoms with Crippen molar-refractivity contribution in [1.82, 2.24) is 78.8 Å². The van der Waals surface area contributed by atoms with Crippen LogP contribution in [0, 0.1) is 0 Å². The van der Waals surface area contributed by atoms with E-state index in [4.69, 9.17) is 10.8 Å². The smallest absolute Gasteiger partial charge is 0.354 e. The molecule has 5 unspecified atom stereocenters. The maximum atomic E-state index is 13.7. The number of aliphatic carboxylic acids is 3. The van der Waals surface area contributed by atoms with Crippen LogP contribution in [0.4, 0.5) is 0 Å². The average molecular weight is 1420 g/mol. The van der Waals surface area contributed by atoms with E-state index >= 15 is 0 Å². The van der Waals surface area contributed by atoms with Crippen LogP contribution in [0.15, 0.2) is 55.0 Å². The second kappa shape index (κ2) is 44.6. The lowest BCUT2D eigenvalue weighted by atomic mass is 10.0. The Hall–Kier alpha value is -12.1. The number of nitrogens with two attached hydrogens (primary N) is 1. The Labute approximate surface area is 574 Å². The molecule has 0 saturated carbocycles. The van der Waals surface area contributed by atoms with Crippen LogP contribution in [0.2, 0.25) is 0 Å². The highest BCUT2D eigenvalue weighted by Gasteiger charge is 2.29. The molecule has 0 spiro atoms. The number of hydrogen-bond acceptors (Lipinski definition) is 22. The van der Waals surface area contributed by atoms with Crippen molar-refractivity contribution in [1.29, 1.82) is 0 Å². The Morgan fingerprint density at radius 2 is 0.545 bits per heavy atom. The lowest BCUT2D eigenvalue weighted by Crippen LogP contribution is -2.51. The zero-order valence-corrected chi connectivity index (χ0v) is 54.3. The highest BCUT2D eigenvalue weighted by Crippen LogP contribution is 2.11. The first-order valence-electron chi connectivity index (χ1n) is 31.2. The van der Waals surface area contributed by atoms with Crippen molar-refractivity contribution in [3.8, 4) is 0 Å². The molecule has 0 aliphatic rings. The fourth-order valence-corrected chi connectivity index (χ4v) is 8.94. The van der Waals surface area contributed by atoms with Crippen molar-refractivity contribution >= 4 is 107 Å². The molecule has 101 heavy (non-hydrogen) atoms. The average Bonchev–Trinajstić information content (AvgIpc) is 0.893. The standard InChI is InChI=1S/C61H80N16O24/c62-16-5-44(78)66-20-10-48(82)75-39(28-34-7-18-64-42(31-34)60(98)99)57(94)71-24-11-46(80)73-37(2-4-52(87)88)55(92)69-23-14-50(84)77-40(29-35-8-19-65-43(32-35)61(100)101)58(95)72-25-12-47(81)74-36(1-3-51(85)86)54(91)68-22-13-49(83)76-38(27-33-6-17-63-41(30-33)59(96)97)56(93)70-21-9-45(79)67-26-15-53(89)90/h6-8,17-19,30-32,36-40H,1-5,9-16,20-29,62H2,(H,66,78)(H,67,79)(H,68,91)(H,69,92)(H,70,93)(H,71,94)(H,72,95)(H,73,80)(H,74,81)(H,75,82)(H,76,83)(H,77,84)(H,85,86)(H,87,88)(H,89,90)(H,96,97)(H,98,99)(H,100,101). The number of carboxylic acids is 6. The number of nitrogens with one attached hydrogen (secondary N) is 12. The summed E-state index contributed by atoms with van der Waals surface area (Å²) in [5.74, 6) is -17.8. The van der Waals surface area contributed by atoms with Gasteiger partial charge in [0.25, 0.3) is 0 Å². The molecule has 40 heteroatoms. The number of carboxylic acid groups (broad SMARTS) is 6. The van der Waals surface area contributed by atoms with Gasteiger partial charge >= 0.3 is 35.8 Å². The van der Waals surface area contributed by atoms with Gasteiger partial charge in [-0.2, -0.15) is 0 Å². The van der Waals surface area contributed by atoms with Gasteiger partial charge in [0.2, 0.25) is 70.9 Å². The summed E-state index contributed by atoms with van der Waals surface area (Å²) in [7, 11) is 0. The second-order valence-electron chi connectivity index (χ2n) is 22.0. The van der Waals surface area contributed by atoms with Gasteiger partial charge in [0.15, 0.2) is 0 Å². The van der Waals surface area contributed by atoms with Crippen molar-refractivity contribution < 1.29 is 117 Å². The second-order valence-corrected chi connectivity index (χ2v) is 22.0. The van der Waals surface area contributed by atoms with Crippen LogP contribution in [-0.4, -0.2) is 235 Å². The molecule has 0 bridgehead atoms. The molecule has 0 aliphatic heterocycles. The number of hydrogen-bond donors (Lipinski definition) is 19. The van der Waals surface area contributed by atoms with Gasteiger partial charge in [-0.25, -0.2) is 29.3 Å². The third kappa shape index (κ3) is 34.6. The lowest BCUT2D eigenvalue weighted by Gasteiger charge is -2.21. The van der Waals surface area contributed by atoms with Gasteiger partial charge in [-0.15, -0.1) is 0 Å². The summed E-state index contributed by atoms with van der Waals surface area (Å²) < 4.78 is 0. The monoisotopic (exact) mass is 1420 g/mol. The normalized spacial score (nSPS) is 12.1. The van der Waals surface area contributed by atoms with Crippen molar-refractivity contribution in [2.45, 2.75) is 127 Å². The first-order chi connectivity index (χ1) is 47.9. The quantitative estimate of drug-likeness (QED) is 0.0250. The molecular weight excluding hydrogens is 1340 g/mol. The van der Waals surface area contributed by atoms with Crippen LogP contribution in [0.1, 0.15) is 125 Å². The first-order valence-corrected chi connectivity index (χ1v) is 31.2. The van der Waals surface area contributed by atoms with Crippen molar-refractivity contribution in [2.75, 3.05) is 52.4 Å². The molecule has 12 amide bonds. The van der Waals surface area contributed by atoms with E-state index in [0.29, 0.717) is 0 Å². The van der Waals surface area contributed by atoms with E-state index in [1.165, 1.54) is 30.5 Å². The topological polar surface area (TPSA) is 638 Å². The van der Waals surface area contributed by atoms with Crippen LogP contribution in [0.3, 0.4) is 0 Å². The minimum absolute atomic E-state index is 0.00106. The fraction of sp³-hybridized carbons (Fsp3) is 0.459. The molecule has 3 heterocycles. The third-order valence-electron chi connectivity index (χ3n) is 14.0. The predicted molar refractivity (Wildman–Crippen MR) is 343 cm³/mol. The van der Waals surface area contributed by atoms with Gasteiger partial charge in [0.1, 0.15) is 47.3 Å². The van der Waals surface area contributed by atoms with Crippen LogP contribution in [0.5, 0.6) is 0 Å². The largest absolute Gasteiger partial charge is 0.481 e. The SMILES string of the molecule is NCCC(=O)NCCC(=O)NC(Cc1ccnc(C(=O)O)c1)C(=O)NCCC(=O)NC(CCC(=O)O)C(=O)NCCC(=O)NC(Cc1ccnc(C(=O)O)c1)C(=O)NCCC(=O)NC(CCC(=O)O)C(=O)NCCC(=O)NC(Cc1ccnc(C(=O)O)c1)C(=O)NCCC(=O)NCCC(=O)O. The van der Waals surface area contributed by atoms with Crippen molar-refractivity contribution in [2.24, 2.45) is 5.73 Å². The number of carbonyl (C=O) groups excluding carboxylic acids is 12. The van der Waals surface area contributed by atoms with E-state index in [1.54, 1.807) is 0 Å². The number of aromatic carboxylic acids is 3. The number of rotatable bonds is 48. The summed E-state index contributed by atoms with van der Waals surface area (Å²) >= 11 is 0. The first kappa shape index (κ1) is 83.1. The summed E-state index contributed by atoms with van der Waals surface area (Å²) in [5.41, 5.74) is 4.90. The number of pyridine rings is 3. The molecule has 548 valence electrons. The number of nitrogens with zero attached hydrogens (tertiary/aromatic N) is 3. The zero-order valence-electron chi connectivity index (χ0n) is 54.3. The Morgan fingerprint density at radius 1 is 0.307 bits per heavy atom. The molecule has 0 fully saturated rings. The molecule has 0 aliphatic carbocycles. The third-order valence-corrected chi connectivity index (χ3v) is 14.0. The van der Waals surface area contributed by atoms with Gasteiger partial charge in [0, 0.05) is 148 Å². The van der Waals surface area contributed by atoms with E-state index < -0.39 is 220 Å². The molecule has 3 aromatic heterocycles. The fourth-order valence-electron chi connectivity index (χ4n) is 8.94. The van der Waals surface area contributed by atoms with Crippen LogP contribution in [-0.2, 0) is 91.2 Å². The van der Waals surface area contributed by atoms with Crippen molar-refractivity contribution in [3.63, 3.8) is 0 Å². The van der Waals surface area contributed by atoms with Gasteiger partial charge in [-0.1, -0.05) is 0 Å². The van der Waals surface area contributed by atoms with E-state index in [2.05, 4.69) is 78.8 Å². The summed E-state index contributed by atoms with van der Waals surface area (Å²) in [6.07, 6.45) is -2.72. The van der Waals surface area contributed by atoms with E-state index in [1.807, 2.05) is 0 Å². The van der Waals surface area contributed by atoms with Crippen LogP contribution >= 0.6 is 0 Å². The molecule has 3 rings (SSSR count). The Balaban J connectivity index is 1.63. The minimum Gasteiger partial charge on any atom is -0.481 e.